The molecule has 2 aromatic rings. The van der Waals surface area contributed by atoms with Crippen molar-refractivity contribution in [3.63, 3.8) is 0 Å². The summed E-state index contributed by atoms with van der Waals surface area (Å²) in [7, 11) is 0. The molecule has 0 spiro atoms. The third kappa shape index (κ3) is 2.03. The van der Waals surface area contributed by atoms with Gasteiger partial charge in [-0.1, -0.05) is 70.5 Å². The molecule has 0 saturated carbocycles. The molecule has 0 aliphatic carbocycles. The lowest BCUT2D eigenvalue weighted by atomic mass is 9.95. The zero-order chi connectivity index (χ0) is 11.7. The number of halogens is 1. The summed E-state index contributed by atoms with van der Waals surface area (Å²) in [5.41, 5.74) is 3.81. The molecule has 0 bridgehead atoms. The Balaban J connectivity index is 1.90. The first kappa shape index (κ1) is 11.0. The van der Waals surface area contributed by atoms with E-state index in [-0.39, 0.29) is 4.32 Å². The third-order valence-electron chi connectivity index (χ3n) is 3.17. The van der Waals surface area contributed by atoms with Gasteiger partial charge >= 0.3 is 0 Å². The van der Waals surface area contributed by atoms with Crippen LogP contribution in [-0.4, -0.2) is 13.2 Å². The van der Waals surface area contributed by atoms with E-state index in [1.165, 1.54) is 16.7 Å². The average Bonchev–Trinajstić information content (AvgIpc) is 2.37. The molecule has 0 aromatic heterocycles. The molecule has 0 radical (unpaired) electrons. The normalized spacial score (nSPS) is 17.5. The van der Waals surface area contributed by atoms with Crippen molar-refractivity contribution in [3.8, 4) is 11.1 Å². The third-order valence-corrected chi connectivity index (χ3v) is 4.09. The number of benzene rings is 2. The van der Waals surface area contributed by atoms with Gasteiger partial charge in [-0.15, -0.1) is 0 Å². The van der Waals surface area contributed by atoms with Gasteiger partial charge in [0.05, 0.1) is 17.5 Å². The minimum atomic E-state index is 0.0439. The van der Waals surface area contributed by atoms with E-state index in [2.05, 4.69) is 64.5 Å². The summed E-state index contributed by atoms with van der Waals surface area (Å²) in [5, 5.41) is 0. The second-order valence-electron chi connectivity index (χ2n) is 4.40. The van der Waals surface area contributed by atoms with E-state index in [1.54, 1.807) is 0 Å². The van der Waals surface area contributed by atoms with Crippen molar-refractivity contribution in [1.82, 2.24) is 0 Å². The Morgan fingerprint density at radius 3 is 1.94 bits per heavy atom. The summed E-state index contributed by atoms with van der Waals surface area (Å²) in [6.07, 6.45) is 0. The van der Waals surface area contributed by atoms with E-state index in [0.717, 1.165) is 13.2 Å². The minimum Gasteiger partial charge on any atom is -0.378 e. The maximum atomic E-state index is 5.26. The molecule has 0 N–H and O–H groups in total. The number of alkyl halides is 1. The van der Waals surface area contributed by atoms with E-state index in [0.29, 0.717) is 0 Å². The van der Waals surface area contributed by atoms with Gasteiger partial charge < -0.3 is 4.74 Å². The van der Waals surface area contributed by atoms with Crippen molar-refractivity contribution in [3.05, 3.63) is 60.2 Å². The van der Waals surface area contributed by atoms with Crippen LogP contribution in [0.1, 0.15) is 5.56 Å². The average molecular weight is 289 g/mol. The zero-order valence-corrected chi connectivity index (χ0v) is 11.0. The van der Waals surface area contributed by atoms with Gasteiger partial charge in [-0.2, -0.15) is 0 Å². The molecule has 0 unspecified atom stereocenters. The van der Waals surface area contributed by atoms with E-state index in [9.17, 15) is 0 Å². The molecule has 1 heterocycles. The van der Waals surface area contributed by atoms with E-state index < -0.39 is 0 Å². The summed E-state index contributed by atoms with van der Waals surface area (Å²) >= 11 is 3.73. The molecule has 2 aromatic carbocycles. The van der Waals surface area contributed by atoms with Crippen LogP contribution in [0.3, 0.4) is 0 Å². The van der Waals surface area contributed by atoms with E-state index >= 15 is 0 Å². The van der Waals surface area contributed by atoms with Crippen LogP contribution in [0.5, 0.6) is 0 Å². The maximum absolute atomic E-state index is 5.26. The highest BCUT2D eigenvalue weighted by Crippen LogP contribution is 2.39. The molecule has 86 valence electrons. The summed E-state index contributed by atoms with van der Waals surface area (Å²) in [4.78, 5) is 0. The molecule has 17 heavy (non-hydrogen) atoms. The van der Waals surface area contributed by atoms with Crippen molar-refractivity contribution in [2.45, 2.75) is 4.32 Å². The Morgan fingerprint density at radius 2 is 1.41 bits per heavy atom. The van der Waals surface area contributed by atoms with E-state index in [1.807, 2.05) is 6.07 Å². The first-order valence-corrected chi connectivity index (χ1v) is 6.50. The SMILES string of the molecule is BrC1(c2ccc(-c3ccccc3)cc2)COC1. The second-order valence-corrected chi connectivity index (χ2v) is 5.92. The monoisotopic (exact) mass is 288 g/mol. The molecular formula is C15H13BrO. The van der Waals surface area contributed by atoms with Gasteiger partial charge in [0.2, 0.25) is 0 Å². The predicted octanol–water partition coefficient (Wildman–Crippen LogP) is 3.97. The molecule has 2 heteroatoms. The van der Waals surface area contributed by atoms with Gasteiger partial charge in [-0.25, -0.2) is 0 Å². The molecular weight excluding hydrogens is 276 g/mol. The quantitative estimate of drug-likeness (QED) is 0.760. The second kappa shape index (κ2) is 4.28. The number of rotatable bonds is 2. The summed E-state index contributed by atoms with van der Waals surface area (Å²) in [6, 6.07) is 19.1. The Hall–Kier alpha value is -1.12. The van der Waals surface area contributed by atoms with Gasteiger partial charge in [-0.3, -0.25) is 0 Å². The molecule has 3 rings (SSSR count). The van der Waals surface area contributed by atoms with Crippen LogP contribution in [0.4, 0.5) is 0 Å². The van der Waals surface area contributed by atoms with Crippen LogP contribution < -0.4 is 0 Å². The molecule has 1 saturated heterocycles. The highest BCUT2D eigenvalue weighted by Gasteiger charge is 2.37. The lowest BCUT2D eigenvalue weighted by Gasteiger charge is -2.36. The predicted molar refractivity (Wildman–Crippen MR) is 73.3 cm³/mol. The lowest BCUT2D eigenvalue weighted by molar-refractivity contribution is -0.00697. The van der Waals surface area contributed by atoms with Gasteiger partial charge in [0.25, 0.3) is 0 Å². The zero-order valence-electron chi connectivity index (χ0n) is 9.40. The Bertz CT molecular complexity index is 500. The van der Waals surface area contributed by atoms with Crippen molar-refractivity contribution < 1.29 is 4.74 Å². The fraction of sp³-hybridized carbons (Fsp3) is 0.200. The Kier molecular flexibility index (Phi) is 2.77. The Labute approximate surface area is 110 Å². The molecule has 1 aliphatic heterocycles. The van der Waals surface area contributed by atoms with Gasteiger partial charge in [0.15, 0.2) is 0 Å². The van der Waals surface area contributed by atoms with Crippen LogP contribution in [0.15, 0.2) is 54.6 Å². The van der Waals surface area contributed by atoms with Crippen LogP contribution >= 0.6 is 15.9 Å². The number of hydrogen-bond acceptors (Lipinski definition) is 1. The first-order chi connectivity index (χ1) is 8.28. The highest BCUT2D eigenvalue weighted by molar-refractivity contribution is 9.09. The largest absolute Gasteiger partial charge is 0.378 e. The summed E-state index contributed by atoms with van der Waals surface area (Å²) < 4.78 is 5.30. The van der Waals surface area contributed by atoms with Crippen molar-refractivity contribution in [2.24, 2.45) is 0 Å². The lowest BCUT2D eigenvalue weighted by Crippen LogP contribution is -2.40. The minimum absolute atomic E-state index is 0.0439. The standard InChI is InChI=1S/C15H13BrO/c16-15(10-17-11-15)14-8-6-13(7-9-14)12-4-2-1-3-5-12/h1-9H,10-11H2. The summed E-state index contributed by atoms with van der Waals surface area (Å²) in [6.45, 7) is 1.52. The van der Waals surface area contributed by atoms with Crippen molar-refractivity contribution in [1.29, 1.82) is 0 Å². The molecule has 0 amide bonds. The van der Waals surface area contributed by atoms with Crippen molar-refractivity contribution in [2.75, 3.05) is 13.2 Å². The van der Waals surface area contributed by atoms with E-state index in [4.69, 9.17) is 4.74 Å². The van der Waals surface area contributed by atoms with Crippen molar-refractivity contribution >= 4 is 15.9 Å². The Morgan fingerprint density at radius 1 is 0.824 bits per heavy atom. The molecule has 1 aliphatic rings. The smallest absolute Gasteiger partial charge is 0.0971 e. The molecule has 1 nitrogen and oxygen atoms in total. The van der Waals surface area contributed by atoms with Gasteiger partial charge in [0, 0.05) is 0 Å². The first-order valence-electron chi connectivity index (χ1n) is 5.71. The topological polar surface area (TPSA) is 9.23 Å². The van der Waals surface area contributed by atoms with Crippen LogP contribution in [0.25, 0.3) is 11.1 Å². The van der Waals surface area contributed by atoms with Gasteiger partial charge in [0.1, 0.15) is 0 Å². The fourth-order valence-electron chi connectivity index (χ4n) is 2.04. The molecule has 1 fully saturated rings. The maximum Gasteiger partial charge on any atom is 0.0971 e. The van der Waals surface area contributed by atoms with Gasteiger partial charge in [-0.05, 0) is 16.7 Å². The fourth-order valence-corrected chi connectivity index (χ4v) is 2.63. The molecule has 0 atom stereocenters. The van der Waals surface area contributed by atoms with Crippen LogP contribution in [0, 0.1) is 0 Å². The van der Waals surface area contributed by atoms with Crippen LogP contribution in [-0.2, 0) is 9.06 Å². The van der Waals surface area contributed by atoms with Crippen LogP contribution in [0.2, 0.25) is 0 Å². The number of hydrogen-bond donors (Lipinski definition) is 0. The number of ether oxygens (including phenoxy) is 1. The highest BCUT2D eigenvalue weighted by atomic mass is 79.9. The summed E-state index contributed by atoms with van der Waals surface area (Å²) in [5.74, 6) is 0.